The lowest BCUT2D eigenvalue weighted by molar-refractivity contribution is 0.628. The Morgan fingerprint density at radius 1 is 1.47 bits per heavy atom. The van der Waals surface area contributed by atoms with Gasteiger partial charge < -0.3 is 10.3 Å². The minimum atomic E-state index is -0.431. The van der Waals surface area contributed by atoms with Crippen molar-refractivity contribution in [3.05, 3.63) is 47.3 Å². The molecule has 2 rings (SSSR count). The van der Waals surface area contributed by atoms with Crippen molar-refractivity contribution in [1.29, 1.82) is 0 Å². The van der Waals surface area contributed by atoms with Gasteiger partial charge in [-0.3, -0.25) is 0 Å². The maximum atomic E-state index is 12.9. The van der Waals surface area contributed by atoms with E-state index in [9.17, 15) is 4.39 Å². The Morgan fingerprint density at radius 2 is 2.27 bits per heavy atom. The number of nitrogens with two attached hydrogens (primary N) is 1. The largest absolute Gasteiger partial charge is 0.325 e. The first-order chi connectivity index (χ1) is 7.20. The molecule has 2 N–H and O–H groups in total. The van der Waals surface area contributed by atoms with Gasteiger partial charge >= 0.3 is 0 Å². The van der Waals surface area contributed by atoms with Crippen LogP contribution in [0.5, 0.6) is 0 Å². The van der Waals surface area contributed by atoms with E-state index in [2.05, 4.69) is 4.98 Å². The number of halogens is 2. The van der Waals surface area contributed by atoms with Crippen LogP contribution in [-0.4, -0.2) is 9.55 Å². The first-order valence-electron chi connectivity index (χ1n) is 4.39. The summed E-state index contributed by atoms with van der Waals surface area (Å²) in [4.78, 5) is 4.06. The summed E-state index contributed by atoms with van der Waals surface area (Å²) in [6.45, 7) is 0.377. The van der Waals surface area contributed by atoms with Crippen LogP contribution in [0.4, 0.5) is 4.39 Å². The van der Waals surface area contributed by atoms with Gasteiger partial charge in [0, 0.05) is 18.4 Å². The molecule has 0 radical (unpaired) electrons. The molecule has 15 heavy (non-hydrogen) atoms. The van der Waals surface area contributed by atoms with Crippen molar-refractivity contribution >= 4 is 11.6 Å². The van der Waals surface area contributed by atoms with Gasteiger partial charge in [-0.25, -0.2) is 9.37 Å². The highest BCUT2D eigenvalue weighted by Gasteiger charge is 2.03. The molecule has 0 spiro atoms. The topological polar surface area (TPSA) is 43.8 Å². The molecule has 1 aromatic carbocycles. The summed E-state index contributed by atoms with van der Waals surface area (Å²) in [6, 6.07) is 4.49. The molecule has 0 aliphatic heterocycles. The molecule has 0 aliphatic rings. The maximum absolute atomic E-state index is 12.9. The van der Waals surface area contributed by atoms with Crippen molar-refractivity contribution in [2.75, 3.05) is 0 Å². The Hall–Kier alpha value is -1.39. The fourth-order valence-corrected chi connectivity index (χ4v) is 1.43. The highest BCUT2D eigenvalue weighted by molar-refractivity contribution is 6.30. The Morgan fingerprint density at radius 3 is 2.87 bits per heavy atom. The zero-order valence-corrected chi connectivity index (χ0v) is 8.58. The van der Waals surface area contributed by atoms with Crippen LogP contribution in [0.3, 0.4) is 0 Å². The molecule has 1 heterocycles. The molecule has 0 fully saturated rings. The highest BCUT2D eigenvalue weighted by Crippen LogP contribution is 2.18. The van der Waals surface area contributed by atoms with E-state index in [0.29, 0.717) is 6.54 Å². The van der Waals surface area contributed by atoms with Crippen molar-refractivity contribution in [2.24, 2.45) is 5.73 Å². The third-order valence-corrected chi connectivity index (χ3v) is 2.34. The van der Waals surface area contributed by atoms with E-state index in [0.717, 1.165) is 11.4 Å². The van der Waals surface area contributed by atoms with Gasteiger partial charge in [0.05, 0.1) is 17.0 Å². The molecule has 0 saturated carbocycles. The van der Waals surface area contributed by atoms with Crippen LogP contribution in [-0.2, 0) is 6.54 Å². The third kappa shape index (κ3) is 2.00. The zero-order chi connectivity index (χ0) is 10.8. The minimum Gasteiger partial charge on any atom is -0.325 e. The van der Waals surface area contributed by atoms with Gasteiger partial charge in [-0.1, -0.05) is 11.6 Å². The monoisotopic (exact) mass is 225 g/mol. The molecule has 0 bridgehead atoms. The number of hydrogen-bond acceptors (Lipinski definition) is 2. The zero-order valence-electron chi connectivity index (χ0n) is 7.82. The summed E-state index contributed by atoms with van der Waals surface area (Å²) >= 11 is 5.67. The minimum absolute atomic E-state index is 0.0931. The molecule has 0 atom stereocenters. The van der Waals surface area contributed by atoms with E-state index >= 15 is 0 Å². The van der Waals surface area contributed by atoms with Gasteiger partial charge in [0.25, 0.3) is 0 Å². The van der Waals surface area contributed by atoms with Gasteiger partial charge in [0.15, 0.2) is 0 Å². The van der Waals surface area contributed by atoms with Crippen molar-refractivity contribution in [2.45, 2.75) is 6.54 Å². The van der Waals surface area contributed by atoms with E-state index in [4.69, 9.17) is 17.3 Å². The molecule has 0 saturated heterocycles. The van der Waals surface area contributed by atoms with Gasteiger partial charge in [0.1, 0.15) is 5.82 Å². The molecular weight excluding hydrogens is 217 g/mol. The second kappa shape index (κ2) is 4.00. The van der Waals surface area contributed by atoms with E-state index < -0.39 is 5.82 Å². The molecule has 3 nitrogen and oxygen atoms in total. The summed E-state index contributed by atoms with van der Waals surface area (Å²) in [7, 11) is 0. The summed E-state index contributed by atoms with van der Waals surface area (Å²) in [6.07, 6.45) is 3.40. The standard InChI is InChI=1S/C10H9ClFN3/c11-9-3-8(1-2-10(9)12)15-5-7(4-13)14-6-15/h1-3,5-6H,4,13H2. The second-order valence-electron chi connectivity index (χ2n) is 3.07. The van der Waals surface area contributed by atoms with Gasteiger partial charge in [-0.05, 0) is 18.2 Å². The van der Waals surface area contributed by atoms with E-state index in [1.807, 2.05) is 0 Å². The normalized spacial score (nSPS) is 10.6. The number of rotatable bonds is 2. The van der Waals surface area contributed by atoms with Crippen LogP contribution < -0.4 is 5.73 Å². The van der Waals surface area contributed by atoms with E-state index in [1.165, 1.54) is 6.07 Å². The van der Waals surface area contributed by atoms with Crippen LogP contribution in [0.1, 0.15) is 5.69 Å². The molecule has 5 heteroatoms. The van der Waals surface area contributed by atoms with Crippen molar-refractivity contribution in [3.63, 3.8) is 0 Å². The summed E-state index contributed by atoms with van der Waals surface area (Å²) < 4.78 is 14.7. The number of imidazole rings is 1. The lowest BCUT2D eigenvalue weighted by Gasteiger charge is -2.02. The molecule has 0 aliphatic carbocycles. The van der Waals surface area contributed by atoms with Crippen LogP contribution >= 0.6 is 11.6 Å². The molecule has 1 aromatic heterocycles. The fourth-order valence-electron chi connectivity index (χ4n) is 1.26. The average molecular weight is 226 g/mol. The second-order valence-corrected chi connectivity index (χ2v) is 3.48. The summed E-state index contributed by atoms with van der Waals surface area (Å²) in [5, 5.41) is 0.0931. The van der Waals surface area contributed by atoms with Gasteiger partial charge in [-0.15, -0.1) is 0 Å². The lowest BCUT2D eigenvalue weighted by Crippen LogP contribution is -1.96. The van der Waals surface area contributed by atoms with Crippen molar-refractivity contribution in [3.8, 4) is 5.69 Å². The molecule has 2 aromatic rings. The molecule has 0 unspecified atom stereocenters. The molecule has 78 valence electrons. The van der Waals surface area contributed by atoms with Crippen LogP contribution in [0, 0.1) is 5.82 Å². The first kappa shape index (κ1) is 10.1. The Kier molecular flexibility index (Phi) is 2.70. The SMILES string of the molecule is NCc1cn(-c2ccc(F)c(Cl)c2)cn1. The molecular formula is C10H9ClFN3. The van der Waals surface area contributed by atoms with E-state index in [-0.39, 0.29) is 5.02 Å². The van der Waals surface area contributed by atoms with Crippen molar-refractivity contribution in [1.82, 2.24) is 9.55 Å². The molecule has 0 amide bonds. The van der Waals surface area contributed by atoms with Crippen molar-refractivity contribution < 1.29 is 4.39 Å². The first-order valence-corrected chi connectivity index (χ1v) is 4.77. The number of hydrogen-bond donors (Lipinski definition) is 1. The average Bonchev–Trinajstić information content (AvgIpc) is 2.70. The van der Waals surface area contributed by atoms with Gasteiger partial charge in [-0.2, -0.15) is 0 Å². The Bertz CT molecular complexity index is 481. The quantitative estimate of drug-likeness (QED) is 0.851. The van der Waals surface area contributed by atoms with Crippen LogP contribution in [0.25, 0.3) is 5.69 Å². The fraction of sp³-hybridized carbons (Fsp3) is 0.100. The third-order valence-electron chi connectivity index (χ3n) is 2.05. The lowest BCUT2D eigenvalue weighted by atomic mass is 10.3. The summed E-state index contributed by atoms with van der Waals surface area (Å²) in [5.74, 6) is -0.431. The van der Waals surface area contributed by atoms with E-state index in [1.54, 1.807) is 29.2 Å². The Labute approximate surface area is 91.3 Å². The Balaban J connectivity index is 2.40. The maximum Gasteiger partial charge on any atom is 0.141 e. The van der Waals surface area contributed by atoms with Crippen LogP contribution in [0.15, 0.2) is 30.7 Å². The summed E-state index contributed by atoms with van der Waals surface area (Å²) in [5.41, 5.74) is 6.96. The predicted octanol–water partition coefficient (Wildman–Crippen LogP) is 2.12. The van der Waals surface area contributed by atoms with Gasteiger partial charge in [0.2, 0.25) is 0 Å². The van der Waals surface area contributed by atoms with Crippen LogP contribution in [0.2, 0.25) is 5.02 Å². The predicted molar refractivity (Wildman–Crippen MR) is 56.4 cm³/mol. The number of aromatic nitrogens is 2. The smallest absolute Gasteiger partial charge is 0.141 e. The number of nitrogens with zero attached hydrogens (tertiary/aromatic N) is 2. The number of benzene rings is 1. The highest BCUT2D eigenvalue weighted by atomic mass is 35.5.